The molecule has 0 fully saturated rings. The van der Waals surface area contributed by atoms with Gasteiger partial charge in [-0.15, -0.1) is 0 Å². The number of hydrogen-bond acceptors (Lipinski definition) is 3. The quantitative estimate of drug-likeness (QED) is 0.633. The summed E-state index contributed by atoms with van der Waals surface area (Å²) in [6.07, 6.45) is 3.62. The number of nitrogens with zero attached hydrogens (tertiary/aromatic N) is 2. The number of carboxylic acid groups (broad SMARTS) is 1. The van der Waals surface area contributed by atoms with Crippen molar-refractivity contribution in [2.24, 2.45) is 0 Å². The molecule has 2 N–H and O–H groups in total. The largest absolute Gasteiger partial charge is 0.480 e. The Morgan fingerprint density at radius 1 is 1.92 bits per heavy atom. The van der Waals surface area contributed by atoms with E-state index in [0.717, 1.165) is 5.69 Å². The van der Waals surface area contributed by atoms with Gasteiger partial charge in [0.05, 0.1) is 6.33 Å². The Morgan fingerprint density at radius 2 is 2.62 bits per heavy atom. The molecule has 0 amide bonds. The first kappa shape index (κ1) is 10.5. The van der Waals surface area contributed by atoms with E-state index in [2.05, 4.69) is 9.97 Å². The molecule has 0 radical (unpaired) electrons. The molecule has 0 saturated carbocycles. The van der Waals surface area contributed by atoms with Crippen LogP contribution in [0.25, 0.3) is 0 Å². The van der Waals surface area contributed by atoms with E-state index in [9.17, 15) is 4.79 Å². The summed E-state index contributed by atoms with van der Waals surface area (Å²) in [6, 6.07) is -0.513. The molecule has 0 aromatic carbocycles. The Hall–Kier alpha value is -0.630. The topological polar surface area (TPSA) is 69.2 Å². The molecule has 1 rings (SSSR count). The van der Waals surface area contributed by atoms with Crippen molar-refractivity contribution in [3.63, 3.8) is 0 Å². The maximum absolute atomic E-state index is 10.8. The van der Waals surface area contributed by atoms with Gasteiger partial charge in [0.2, 0.25) is 0 Å². The standard InChI is InChI=1S/C7H10IN3O2/c1-11(8)6(7(12)13)2-5-3-9-4-10-5/h3-4,6H,2H2,1H3,(H,9,10)(H,12,13)/t6-/m0/s1. The zero-order valence-corrected chi connectivity index (χ0v) is 9.22. The van der Waals surface area contributed by atoms with Gasteiger partial charge in [0, 0.05) is 41.2 Å². The Bertz CT molecular complexity index is 273. The third-order valence-electron chi connectivity index (χ3n) is 1.68. The van der Waals surface area contributed by atoms with Gasteiger partial charge in [0.1, 0.15) is 6.04 Å². The van der Waals surface area contributed by atoms with Gasteiger partial charge >= 0.3 is 5.97 Å². The Labute approximate surface area is 89.7 Å². The van der Waals surface area contributed by atoms with Crippen LogP contribution in [0.3, 0.4) is 0 Å². The summed E-state index contributed by atoms with van der Waals surface area (Å²) in [6.45, 7) is 0. The summed E-state index contributed by atoms with van der Waals surface area (Å²) in [7, 11) is 1.73. The molecule has 13 heavy (non-hydrogen) atoms. The highest BCUT2D eigenvalue weighted by molar-refractivity contribution is 14.1. The number of H-pyrrole nitrogens is 1. The third-order valence-corrected chi connectivity index (χ3v) is 2.36. The van der Waals surface area contributed by atoms with Crippen LogP contribution in [0.2, 0.25) is 0 Å². The van der Waals surface area contributed by atoms with E-state index in [0.29, 0.717) is 6.42 Å². The Balaban J connectivity index is 2.63. The Kier molecular flexibility index (Phi) is 3.67. The average Bonchev–Trinajstić information content (AvgIpc) is 2.50. The minimum Gasteiger partial charge on any atom is -0.480 e. The molecular weight excluding hydrogens is 285 g/mol. The summed E-state index contributed by atoms with van der Waals surface area (Å²) < 4.78 is 1.64. The van der Waals surface area contributed by atoms with Crippen LogP contribution >= 0.6 is 22.9 Å². The summed E-state index contributed by atoms with van der Waals surface area (Å²) in [5, 5.41) is 8.86. The first-order valence-corrected chi connectivity index (χ1v) is 4.66. The van der Waals surface area contributed by atoms with Crippen molar-refractivity contribution in [3.8, 4) is 0 Å². The first-order chi connectivity index (χ1) is 6.11. The lowest BCUT2D eigenvalue weighted by Gasteiger charge is -2.16. The minimum absolute atomic E-state index is 0.439. The molecule has 0 saturated heterocycles. The molecule has 6 heteroatoms. The molecule has 1 aromatic heterocycles. The first-order valence-electron chi connectivity index (χ1n) is 3.70. The third kappa shape index (κ3) is 2.96. The smallest absolute Gasteiger partial charge is 0.322 e. The van der Waals surface area contributed by atoms with Crippen molar-refractivity contribution in [2.75, 3.05) is 7.05 Å². The molecule has 0 aliphatic heterocycles. The highest BCUT2D eigenvalue weighted by Gasteiger charge is 2.21. The number of carboxylic acids is 1. The van der Waals surface area contributed by atoms with Crippen LogP contribution < -0.4 is 0 Å². The summed E-state index contributed by atoms with van der Waals surface area (Å²) in [5.74, 6) is -0.827. The summed E-state index contributed by atoms with van der Waals surface area (Å²) >= 11 is 1.96. The van der Waals surface area contributed by atoms with Crippen molar-refractivity contribution in [2.45, 2.75) is 12.5 Å². The number of rotatable bonds is 4. The number of imidazole rings is 1. The predicted octanol–water partition coefficient (Wildman–Crippen LogP) is 0.687. The number of aromatic nitrogens is 2. The van der Waals surface area contributed by atoms with Crippen LogP contribution in [0, 0.1) is 0 Å². The lowest BCUT2D eigenvalue weighted by Crippen LogP contribution is -2.33. The van der Waals surface area contributed by atoms with Crippen LogP contribution in [-0.4, -0.2) is 37.2 Å². The highest BCUT2D eigenvalue weighted by atomic mass is 127. The zero-order valence-electron chi connectivity index (χ0n) is 7.07. The van der Waals surface area contributed by atoms with E-state index in [-0.39, 0.29) is 0 Å². The summed E-state index contributed by atoms with van der Waals surface area (Å²) in [4.78, 5) is 17.5. The van der Waals surface area contributed by atoms with E-state index < -0.39 is 12.0 Å². The lowest BCUT2D eigenvalue weighted by molar-refractivity contribution is -0.140. The minimum atomic E-state index is -0.827. The maximum atomic E-state index is 10.8. The van der Waals surface area contributed by atoms with Crippen LogP contribution in [0.4, 0.5) is 0 Å². The van der Waals surface area contributed by atoms with E-state index in [1.807, 2.05) is 22.9 Å². The normalized spacial score (nSPS) is 13.2. The number of carbonyl (C=O) groups is 1. The second-order valence-electron chi connectivity index (χ2n) is 2.66. The molecule has 72 valence electrons. The monoisotopic (exact) mass is 295 g/mol. The molecule has 0 spiro atoms. The van der Waals surface area contributed by atoms with Gasteiger partial charge in [0.25, 0.3) is 0 Å². The van der Waals surface area contributed by atoms with Gasteiger partial charge in [0.15, 0.2) is 0 Å². The second-order valence-corrected chi connectivity index (χ2v) is 4.18. The Morgan fingerprint density at radius 3 is 3.00 bits per heavy atom. The van der Waals surface area contributed by atoms with Crippen molar-refractivity contribution in [3.05, 3.63) is 18.2 Å². The molecule has 0 aliphatic rings. The van der Waals surface area contributed by atoms with Gasteiger partial charge in [-0.25, -0.2) is 8.10 Å². The number of aliphatic carboxylic acids is 1. The van der Waals surface area contributed by atoms with Gasteiger partial charge in [-0.1, -0.05) is 0 Å². The van der Waals surface area contributed by atoms with Crippen LogP contribution in [-0.2, 0) is 11.2 Å². The molecule has 1 atom stereocenters. The van der Waals surface area contributed by atoms with Gasteiger partial charge in [-0.2, -0.15) is 0 Å². The van der Waals surface area contributed by atoms with Crippen molar-refractivity contribution >= 4 is 28.8 Å². The van der Waals surface area contributed by atoms with Gasteiger partial charge in [-0.05, 0) is 7.05 Å². The highest BCUT2D eigenvalue weighted by Crippen LogP contribution is 2.08. The number of hydrogen-bond donors (Lipinski definition) is 2. The molecule has 0 bridgehead atoms. The number of likely N-dealkylation sites (N-methyl/N-ethyl adjacent to an activating group) is 1. The molecule has 0 unspecified atom stereocenters. The van der Waals surface area contributed by atoms with E-state index in [4.69, 9.17) is 5.11 Å². The van der Waals surface area contributed by atoms with Crippen molar-refractivity contribution in [1.29, 1.82) is 0 Å². The number of nitrogens with one attached hydrogen (secondary N) is 1. The number of halogens is 1. The van der Waals surface area contributed by atoms with E-state index in [1.54, 1.807) is 22.7 Å². The van der Waals surface area contributed by atoms with Gasteiger partial charge in [-0.3, -0.25) is 4.79 Å². The fourth-order valence-electron chi connectivity index (χ4n) is 0.970. The van der Waals surface area contributed by atoms with E-state index >= 15 is 0 Å². The van der Waals surface area contributed by atoms with E-state index in [1.165, 1.54) is 0 Å². The van der Waals surface area contributed by atoms with Crippen molar-refractivity contribution in [1.82, 2.24) is 13.1 Å². The molecule has 1 heterocycles. The molecule has 1 aromatic rings. The second kappa shape index (κ2) is 4.56. The van der Waals surface area contributed by atoms with Crippen LogP contribution in [0.15, 0.2) is 12.5 Å². The van der Waals surface area contributed by atoms with Gasteiger partial charge < -0.3 is 10.1 Å². The predicted molar refractivity (Wildman–Crippen MR) is 55.5 cm³/mol. The zero-order chi connectivity index (χ0) is 9.84. The van der Waals surface area contributed by atoms with Crippen LogP contribution in [0.5, 0.6) is 0 Å². The molecular formula is C7H10IN3O2. The maximum Gasteiger partial charge on any atom is 0.322 e. The fraction of sp³-hybridized carbons (Fsp3) is 0.429. The SMILES string of the molecule is CN(I)[C@@H](Cc1cnc[nH]1)C(=O)O. The average molecular weight is 295 g/mol. The molecule has 0 aliphatic carbocycles. The van der Waals surface area contributed by atoms with Crippen LogP contribution in [0.1, 0.15) is 5.69 Å². The van der Waals surface area contributed by atoms with Crippen molar-refractivity contribution < 1.29 is 9.90 Å². The summed E-state index contributed by atoms with van der Waals surface area (Å²) in [5.41, 5.74) is 0.830. The lowest BCUT2D eigenvalue weighted by atomic mass is 10.2. The number of aromatic amines is 1. The molecule has 5 nitrogen and oxygen atoms in total. The fourth-order valence-corrected chi connectivity index (χ4v) is 1.41.